The van der Waals surface area contributed by atoms with Gasteiger partial charge in [-0.1, -0.05) is 48.4 Å². The van der Waals surface area contributed by atoms with Crippen LogP contribution < -0.4 is 14.8 Å². The molecule has 1 aromatic heterocycles. The number of halogens is 1. The number of hydrogen-bond donors (Lipinski definition) is 2. The van der Waals surface area contributed by atoms with Crippen molar-refractivity contribution in [2.24, 2.45) is 0 Å². The molecule has 1 amide bonds. The van der Waals surface area contributed by atoms with E-state index < -0.39 is 0 Å². The van der Waals surface area contributed by atoms with Gasteiger partial charge >= 0.3 is 0 Å². The van der Waals surface area contributed by atoms with Crippen LogP contribution in [0.4, 0.5) is 0 Å². The van der Waals surface area contributed by atoms with Crippen molar-refractivity contribution in [1.82, 2.24) is 20.1 Å². The van der Waals surface area contributed by atoms with Crippen LogP contribution in [0.1, 0.15) is 75.8 Å². The van der Waals surface area contributed by atoms with E-state index in [2.05, 4.69) is 51.3 Å². The summed E-state index contributed by atoms with van der Waals surface area (Å²) < 4.78 is 12.8. The molecule has 0 radical (unpaired) electrons. The molecule has 2 saturated heterocycles. The van der Waals surface area contributed by atoms with E-state index in [1.165, 1.54) is 32.1 Å². The van der Waals surface area contributed by atoms with Gasteiger partial charge in [-0.05, 0) is 112 Å². The van der Waals surface area contributed by atoms with Crippen LogP contribution in [0.25, 0.3) is 11.1 Å². The van der Waals surface area contributed by atoms with Gasteiger partial charge in [0, 0.05) is 54.8 Å². The summed E-state index contributed by atoms with van der Waals surface area (Å²) in [4.78, 5) is 30.6. The number of likely N-dealkylation sites (tertiary alicyclic amines) is 2. The highest BCUT2D eigenvalue weighted by molar-refractivity contribution is 6.32. The summed E-state index contributed by atoms with van der Waals surface area (Å²) in [5.41, 5.74) is 8.17. The smallest absolute Gasteiger partial charge is 0.290 e. The molecule has 11 heteroatoms. The summed E-state index contributed by atoms with van der Waals surface area (Å²) in [6, 6.07) is 19.9. The largest absolute Gasteiger partial charge is 0.488 e. The summed E-state index contributed by atoms with van der Waals surface area (Å²) in [7, 11) is 0. The predicted octanol–water partition coefficient (Wildman–Crippen LogP) is 7.56. The Morgan fingerprint density at radius 1 is 0.887 bits per heavy atom. The number of pyridine rings is 1. The Labute approximate surface area is 317 Å². The molecule has 2 aliphatic rings. The standard InChI is InChI=1S/C41H46ClN5O3.CH2O2/c1-29-33(10-8-11-35(29)36-12-9-13-37(30(36)2)41(48)45-14-19-46-15-6-7-16-46)28-50-40-22-39(49-27-32-20-31(23-43)24-44-25-32)34(21-38(40)42)26-47-17-4-3-5-18-47;2-1-3/h8-13,20-22,24-25H,3-7,14-19,26-28H2,1-2H3,(H,45,48);1H,(H,2,3). The molecule has 0 atom stereocenters. The van der Waals surface area contributed by atoms with E-state index in [0.717, 1.165) is 78.2 Å². The molecule has 2 N–H and O–H groups in total. The number of hydrogen-bond acceptors (Lipinski definition) is 8. The molecule has 278 valence electrons. The third-order valence-corrected chi connectivity index (χ3v) is 10.2. The Hall–Kier alpha value is -4.95. The van der Waals surface area contributed by atoms with Crippen LogP contribution >= 0.6 is 11.6 Å². The maximum atomic E-state index is 13.2. The first-order valence-electron chi connectivity index (χ1n) is 18.2. The average molecular weight is 738 g/mol. The number of rotatable bonds is 13. The second-order valence-electron chi connectivity index (χ2n) is 13.5. The maximum Gasteiger partial charge on any atom is 0.290 e. The lowest BCUT2D eigenvalue weighted by Crippen LogP contribution is -2.33. The fourth-order valence-electron chi connectivity index (χ4n) is 6.98. The van der Waals surface area contributed by atoms with Gasteiger partial charge in [-0.25, -0.2) is 0 Å². The predicted molar refractivity (Wildman–Crippen MR) is 206 cm³/mol. The lowest BCUT2D eigenvalue weighted by molar-refractivity contribution is -0.122. The summed E-state index contributed by atoms with van der Waals surface area (Å²) in [6.45, 7) is 11.0. The Morgan fingerprint density at radius 3 is 2.28 bits per heavy atom. The summed E-state index contributed by atoms with van der Waals surface area (Å²) in [5.74, 6) is 1.21. The van der Waals surface area contributed by atoms with Crippen LogP contribution in [0.3, 0.4) is 0 Å². The van der Waals surface area contributed by atoms with Gasteiger partial charge in [0.1, 0.15) is 30.8 Å². The van der Waals surface area contributed by atoms with Gasteiger partial charge in [-0.15, -0.1) is 0 Å². The quantitative estimate of drug-likeness (QED) is 0.134. The molecule has 2 aliphatic heterocycles. The highest BCUT2D eigenvalue weighted by Crippen LogP contribution is 2.36. The Kier molecular flexibility index (Phi) is 14.6. The minimum atomic E-state index is -0.250. The van der Waals surface area contributed by atoms with Crippen LogP contribution in [0, 0.1) is 25.2 Å². The minimum Gasteiger partial charge on any atom is -0.488 e. The van der Waals surface area contributed by atoms with E-state index >= 15 is 0 Å². The lowest BCUT2D eigenvalue weighted by atomic mass is 9.91. The van der Waals surface area contributed by atoms with Crippen LogP contribution in [0.5, 0.6) is 11.5 Å². The lowest BCUT2D eigenvalue weighted by Gasteiger charge is -2.27. The van der Waals surface area contributed by atoms with Crippen molar-refractivity contribution in [3.05, 3.63) is 111 Å². The van der Waals surface area contributed by atoms with Gasteiger partial charge in [0.2, 0.25) is 0 Å². The number of nitrogens with zero attached hydrogens (tertiary/aromatic N) is 4. The molecular weight excluding hydrogens is 690 g/mol. The summed E-state index contributed by atoms with van der Waals surface area (Å²) >= 11 is 6.86. The topological polar surface area (TPSA) is 128 Å². The first-order chi connectivity index (χ1) is 25.8. The van der Waals surface area contributed by atoms with Crippen molar-refractivity contribution >= 4 is 24.0 Å². The van der Waals surface area contributed by atoms with Crippen molar-refractivity contribution in [2.75, 3.05) is 39.3 Å². The van der Waals surface area contributed by atoms with Crippen molar-refractivity contribution in [2.45, 2.75) is 65.7 Å². The number of amides is 1. The first-order valence-corrected chi connectivity index (χ1v) is 18.6. The molecule has 3 aromatic carbocycles. The SMILES string of the molecule is Cc1c(COc2cc(OCc3cncc(C#N)c3)c(CN3CCCCC3)cc2Cl)cccc1-c1cccc(C(=O)NCCN2CCCC2)c1C.O=CO. The van der Waals surface area contributed by atoms with E-state index in [9.17, 15) is 10.1 Å². The summed E-state index contributed by atoms with van der Waals surface area (Å²) in [6.07, 6.45) is 9.37. The van der Waals surface area contributed by atoms with Gasteiger partial charge in [-0.2, -0.15) is 5.26 Å². The number of nitriles is 1. The van der Waals surface area contributed by atoms with E-state index in [0.29, 0.717) is 40.8 Å². The van der Waals surface area contributed by atoms with E-state index in [1.807, 2.05) is 37.3 Å². The van der Waals surface area contributed by atoms with Crippen molar-refractivity contribution in [3.63, 3.8) is 0 Å². The summed E-state index contributed by atoms with van der Waals surface area (Å²) in [5, 5.41) is 19.9. The second-order valence-corrected chi connectivity index (χ2v) is 13.9. The van der Waals surface area contributed by atoms with Crippen molar-refractivity contribution in [1.29, 1.82) is 5.26 Å². The fraction of sp³-hybridized carbons (Fsp3) is 0.381. The van der Waals surface area contributed by atoms with Crippen LogP contribution in [0.2, 0.25) is 5.02 Å². The van der Waals surface area contributed by atoms with Gasteiger partial charge in [0.15, 0.2) is 0 Å². The average Bonchev–Trinajstić information content (AvgIpc) is 3.69. The maximum absolute atomic E-state index is 13.2. The van der Waals surface area contributed by atoms with Gasteiger partial charge in [0.25, 0.3) is 12.4 Å². The number of nitrogens with one attached hydrogen (secondary N) is 1. The molecule has 0 unspecified atom stereocenters. The molecule has 0 spiro atoms. The molecule has 2 fully saturated rings. The molecule has 0 aliphatic carbocycles. The van der Waals surface area contributed by atoms with E-state index in [-0.39, 0.29) is 19.0 Å². The normalized spacial score (nSPS) is 14.5. The van der Waals surface area contributed by atoms with Crippen molar-refractivity contribution < 1.29 is 24.2 Å². The van der Waals surface area contributed by atoms with Gasteiger partial charge in [0.05, 0.1) is 10.6 Å². The number of piperidine rings is 1. The zero-order valence-electron chi connectivity index (χ0n) is 30.6. The molecule has 0 bridgehead atoms. The third-order valence-electron chi connectivity index (χ3n) is 9.89. The number of benzene rings is 3. The molecular formula is C42H48ClN5O5. The minimum absolute atomic E-state index is 0.0360. The van der Waals surface area contributed by atoms with Gasteiger partial charge < -0.3 is 24.8 Å². The zero-order valence-corrected chi connectivity index (χ0v) is 31.3. The monoisotopic (exact) mass is 737 g/mol. The molecule has 0 saturated carbocycles. The number of ether oxygens (including phenoxy) is 2. The Balaban J connectivity index is 0.00000175. The van der Waals surface area contributed by atoms with Crippen LogP contribution in [-0.4, -0.2) is 71.5 Å². The highest BCUT2D eigenvalue weighted by Gasteiger charge is 2.19. The molecule has 53 heavy (non-hydrogen) atoms. The Bertz CT molecular complexity index is 1900. The number of aromatic nitrogens is 1. The Morgan fingerprint density at radius 2 is 1.55 bits per heavy atom. The third kappa shape index (κ3) is 10.8. The number of carbonyl (C=O) groups excluding carboxylic acids is 1. The zero-order chi connectivity index (χ0) is 37.6. The molecule has 10 nitrogen and oxygen atoms in total. The number of carbonyl (C=O) groups is 2. The van der Waals surface area contributed by atoms with Gasteiger partial charge in [-0.3, -0.25) is 19.5 Å². The fourth-order valence-corrected chi connectivity index (χ4v) is 7.22. The molecule has 4 aromatic rings. The second kappa shape index (κ2) is 19.8. The van der Waals surface area contributed by atoms with E-state index in [4.69, 9.17) is 31.0 Å². The molecule has 6 rings (SSSR count). The molecule has 3 heterocycles. The first kappa shape index (κ1) is 39.3. The highest BCUT2D eigenvalue weighted by atomic mass is 35.5. The van der Waals surface area contributed by atoms with Crippen LogP contribution in [0.15, 0.2) is 67.0 Å². The van der Waals surface area contributed by atoms with E-state index in [1.54, 1.807) is 18.5 Å². The van der Waals surface area contributed by atoms with Crippen molar-refractivity contribution in [3.8, 4) is 28.7 Å². The van der Waals surface area contributed by atoms with Crippen LogP contribution in [-0.2, 0) is 24.6 Å². The number of carboxylic acid groups (broad SMARTS) is 1.